The van der Waals surface area contributed by atoms with E-state index in [0.29, 0.717) is 0 Å². The summed E-state index contributed by atoms with van der Waals surface area (Å²) in [5.41, 5.74) is -2.59. The average molecular weight is 436 g/mol. The van der Waals surface area contributed by atoms with Crippen LogP contribution in [0.2, 0.25) is 10.0 Å². The van der Waals surface area contributed by atoms with Gasteiger partial charge in [0.05, 0.1) is 30.9 Å². The maximum atomic E-state index is 11.3. The molecule has 2 rings (SSSR count). The van der Waals surface area contributed by atoms with E-state index >= 15 is 0 Å². The second kappa shape index (κ2) is 6.67. The normalized spacial score (nSPS) is 10.5. The summed E-state index contributed by atoms with van der Waals surface area (Å²) >= 11 is 14.8. The van der Waals surface area contributed by atoms with Gasteiger partial charge in [0.25, 0.3) is 17.1 Å². The highest BCUT2D eigenvalue weighted by molar-refractivity contribution is 9.10. The molecule has 24 heavy (non-hydrogen) atoms. The topological polar surface area (TPSA) is 129 Å². The summed E-state index contributed by atoms with van der Waals surface area (Å²) in [5.74, 6) is 0. The fraction of sp³-hybridized carbons (Fsp3) is 0. The summed E-state index contributed by atoms with van der Waals surface area (Å²) in [6.45, 7) is 0. The molecule has 123 valence electrons. The van der Waals surface area contributed by atoms with Gasteiger partial charge in [-0.25, -0.2) is 0 Å². The first-order chi connectivity index (χ1) is 11.1. The van der Waals surface area contributed by atoms with Gasteiger partial charge in [0.1, 0.15) is 5.56 Å². The highest BCUT2D eigenvalue weighted by Crippen LogP contribution is 2.47. The molecule has 0 saturated heterocycles. The summed E-state index contributed by atoms with van der Waals surface area (Å²) in [6, 6.07) is 5.12. The minimum atomic E-state index is -0.888. The van der Waals surface area contributed by atoms with Gasteiger partial charge in [0, 0.05) is 28.2 Å². The molecule has 1 radical (unpaired) electrons. The molecular weight excluding hydrogens is 433 g/mol. The molecule has 9 nitrogen and oxygen atoms in total. The predicted octanol–water partition coefficient (Wildman–Crippen LogP) is 4.95. The van der Waals surface area contributed by atoms with Gasteiger partial charge in [-0.3, -0.25) is 30.3 Å². The molecule has 0 fully saturated rings. The van der Waals surface area contributed by atoms with Crippen LogP contribution in [0, 0.1) is 36.4 Å². The van der Waals surface area contributed by atoms with E-state index in [0.717, 1.165) is 18.2 Å². The second-order valence-corrected chi connectivity index (χ2v) is 5.95. The van der Waals surface area contributed by atoms with Crippen LogP contribution >= 0.6 is 39.1 Å². The monoisotopic (exact) mass is 434 g/mol. The number of benzene rings is 2. The van der Waals surface area contributed by atoms with Gasteiger partial charge in [-0.2, -0.15) is 0 Å². The van der Waals surface area contributed by atoms with Crippen LogP contribution in [0.25, 0.3) is 11.1 Å². The summed E-state index contributed by atoms with van der Waals surface area (Å²) < 4.78 is -0.0150. The van der Waals surface area contributed by atoms with Crippen molar-refractivity contribution < 1.29 is 14.8 Å². The number of non-ortho nitro benzene ring substituents is 1. The van der Waals surface area contributed by atoms with E-state index in [1.165, 1.54) is 0 Å². The van der Waals surface area contributed by atoms with E-state index in [1.807, 2.05) is 0 Å². The molecule has 0 aromatic heterocycles. The number of halogens is 3. The first kappa shape index (κ1) is 18.0. The van der Waals surface area contributed by atoms with E-state index in [9.17, 15) is 30.3 Å². The second-order valence-electron chi connectivity index (χ2n) is 4.28. The average Bonchev–Trinajstić information content (AvgIpc) is 2.46. The maximum Gasteiger partial charge on any atom is 0.293 e. The largest absolute Gasteiger partial charge is 0.293 e. The Morgan fingerprint density at radius 2 is 1.42 bits per heavy atom. The smallest absolute Gasteiger partial charge is 0.258 e. The molecule has 0 aliphatic heterocycles. The Labute approximate surface area is 151 Å². The zero-order valence-corrected chi connectivity index (χ0v) is 14.3. The van der Waals surface area contributed by atoms with Gasteiger partial charge >= 0.3 is 0 Å². The van der Waals surface area contributed by atoms with Crippen LogP contribution in [-0.4, -0.2) is 14.8 Å². The van der Waals surface area contributed by atoms with Crippen LogP contribution in [-0.2, 0) is 0 Å². The van der Waals surface area contributed by atoms with Crippen molar-refractivity contribution in [3.8, 4) is 11.1 Å². The molecule has 2 aromatic rings. The van der Waals surface area contributed by atoms with Gasteiger partial charge in [0.2, 0.25) is 0 Å². The zero-order valence-electron chi connectivity index (χ0n) is 11.2. The lowest BCUT2D eigenvalue weighted by Crippen LogP contribution is -2.00. The standard InChI is InChI=1S/C12H3BrCl2N3O6/c13-5-1-9(17(21)22)12(10(2-5)18(23)24)11-7(14)3-6(16(19)20)4-8(11)15/h1,3-4H. The summed E-state index contributed by atoms with van der Waals surface area (Å²) in [6.07, 6.45) is 0. The van der Waals surface area contributed by atoms with Gasteiger partial charge in [-0.05, 0) is 15.9 Å². The van der Waals surface area contributed by atoms with E-state index in [1.54, 1.807) is 0 Å². The van der Waals surface area contributed by atoms with Crippen LogP contribution in [0.15, 0.2) is 22.7 Å². The number of nitro groups is 3. The molecule has 0 amide bonds. The van der Waals surface area contributed by atoms with Crippen molar-refractivity contribution in [3.63, 3.8) is 0 Å². The van der Waals surface area contributed by atoms with Crippen molar-refractivity contribution in [2.45, 2.75) is 0 Å². The summed E-state index contributed by atoms with van der Waals surface area (Å²) in [5, 5.41) is 32.7. The third-order valence-corrected chi connectivity index (χ3v) is 3.88. The number of hydrogen-bond donors (Lipinski definition) is 0. The van der Waals surface area contributed by atoms with Crippen molar-refractivity contribution in [2.75, 3.05) is 0 Å². The third-order valence-electron chi connectivity index (χ3n) is 2.86. The lowest BCUT2D eigenvalue weighted by Gasteiger charge is -2.09. The maximum absolute atomic E-state index is 11.3. The molecule has 12 heteroatoms. The zero-order chi connectivity index (χ0) is 18.2. The molecule has 0 atom stereocenters. The molecule has 0 heterocycles. The fourth-order valence-corrected chi connectivity index (χ4v) is 3.03. The molecule has 0 aliphatic carbocycles. The van der Waals surface area contributed by atoms with Crippen molar-refractivity contribution in [2.24, 2.45) is 0 Å². The Kier molecular flexibility index (Phi) is 5.02. The van der Waals surface area contributed by atoms with Gasteiger partial charge in [0.15, 0.2) is 0 Å². The first-order valence-corrected chi connectivity index (χ1v) is 7.36. The van der Waals surface area contributed by atoms with E-state index in [4.69, 9.17) is 23.2 Å². The fourth-order valence-electron chi connectivity index (χ4n) is 1.96. The Bertz CT molecular complexity index is 846. The van der Waals surface area contributed by atoms with E-state index < -0.39 is 37.4 Å². The van der Waals surface area contributed by atoms with Crippen LogP contribution in [0.3, 0.4) is 0 Å². The highest BCUT2D eigenvalue weighted by atomic mass is 79.9. The van der Waals surface area contributed by atoms with E-state index in [-0.39, 0.29) is 20.1 Å². The molecule has 0 bridgehead atoms. The Hall–Kier alpha value is -2.30. The Morgan fingerprint density at radius 1 is 0.875 bits per heavy atom. The molecule has 0 saturated carbocycles. The van der Waals surface area contributed by atoms with Crippen molar-refractivity contribution in [1.29, 1.82) is 0 Å². The van der Waals surface area contributed by atoms with Crippen LogP contribution in [0.1, 0.15) is 0 Å². The van der Waals surface area contributed by atoms with Crippen molar-refractivity contribution in [1.82, 2.24) is 0 Å². The highest BCUT2D eigenvalue weighted by Gasteiger charge is 2.32. The van der Waals surface area contributed by atoms with Crippen LogP contribution in [0.4, 0.5) is 17.1 Å². The minimum Gasteiger partial charge on any atom is -0.258 e. The predicted molar refractivity (Wildman–Crippen MR) is 88.4 cm³/mol. The molecule has 0 unspecified atom stereocenters. The number of rotatable bonds is 4. The number of nitro benzene ring substituents is 3. The number of nitrogens with zero attached hydrogens (tertiary/aromatic N) is 3. The minimum absolute atomic E-state index is 0.0150. The quantitative estimate of drug-likeness (QED) is 0.493. The molecule has 0 aliphatic rings. The summed E-state index contributed by atoms with van der Waals surface area (Å²) in [4.78, 5) is 30.8. The van der Waals surface area contributed by atoms with Crippen molar-refractivity contribution >= 4 is 56.2 Å². The lowest BCUT2D eigenvalue weighted by atomic mass is 10.0. The van der Waals surface area contributed by atoms with Crippen LogP contribution < -0.4 is 0 Å². The Morgan fingerprint density at radius 3 is 1.83 bits per heavy atom. The van der Waals surface area contributed by atoms with E-state index in [2.05, 4.69) is 22.0 Å². The van der Waals surface area contributed by atoms with Crippen molar-refractivity contribution in [3.05, 3.63) is 69.1 Å². The molecule has 0 spiro atoms. The third kappa shape index (κ3) is 3.30. The lowest BCUT2D eigenvalue weighted by molar-refractivity contribution is -0.393. The first-order valence-electron chi connectivity index (χ1n) is 5.82. The summed E-state index contributed by atoms with van der Waals surface area (Å²) in [7, 11) is 0. The molecule has 0 N–H and O–H groups in total. The van der Waals surface area contributed by atoms with Gasteiger partial charge in [-0.15, -0.1) is 0 Å². The Balaban J connectivity index is 2.93. The van der Waals surface area contributed by atoms with Gasteiger partial charge < -0.3 is 0 Å². The van der Waals surface area contributed by atoms with Crippen LogP contribution in [0.5, 0.6) is 0 Å². The SMILES string of the molecule is O=[N+]([O-])c1cc(Cl)c(-c2c([N+](=O)[O-])[c]c(Br)cc2[N+](=O)[O-])c(Cl)c1. The molecular formula is C12H3BrCl2N3O6. The van der Waals surface area contributed by atoms with Gasteiger partial charge in [-0.1, -0.05) is 23.2 Å². The molecule has 2 aromatic carbocycles. The number of hydrogen-bond acceptors (Lipinski definition) is 6.